The first kappa shape index (κ1) is 15.1. The van der Waals surface area contributed by atoms with Crippen LogP contribution in [0.25, 0.3) is 0 Å². The molecule has 23 heavy (non-hydrogen) atoms. The van der Waals surface area contributed by atoms with E-state index in [1.165, 1.54) is 11.1 Å². The third-order valence-corrected chi connectivity index (χ3v) is 7.43. The summed E-state index contributed by atoms with van der Waals surface area (Å²) in [5.41, 5.74) is 3.42. The summed E-state index contributed by atoms with van der Waals surface area (Å²) in [5.74, 6) is 1.34. The number of fused-ring (bicyclic) bond motifs is 4. The van der Waals surface area contributed by atoms with Gasteiger partial charge in [0.15, 0.2) is 5.78 Å². The Balaban J connectivity index is 1.72. The van der Waals surface area contributed by atoms with Gasteiger partial charge in [0.25, 0.3) is 0 Å². The molecule has 1 N–H and O–H groups in total. The predicted molar refractivity (Wildman–Crippen MR) is 87.3 cm³/mol. The van der Waals surface area contributed by atoms with Crippen molar-refractivity contribution in [2.24, 2.45) is 17.3 Å². The quantitative estimate of drug-likeness (QED) is 0.800. The van der Waals surface area contributed by atoms with Crippen molar-refractivity contribution in [3.63, 3.8) is 0 Å². The first-order chi connectivity index (χ1) is 11.0. The highest BCUT2D eigenvalue weighted by molar-refractivity contribution is 5.93. The van der Waals surface area contributed by atoms with Gasteiger partial charge in [0.2, 0.25) is 0 Å². The normalized spacial score (nSPS) is 42.5. The second kappa shape index (κ2) is 5.05. The Hall–Kier alpha value is -1.40. The van der Waals surface area contributed by atoms with E-state index in [1.54, 1.807) is 5.57 Å². The molecule has 4 atom stereocenters. The molecule has 0 bridgehead atoms. The lowest BCUT2D eigenvalue weighted by Gasteiger charge is -2.51. The number of nitrogens with zero attached hydrogens (tertiary/aromatic N) is 1. The Morgan fingerprint density at radius 1 is 1.26 bits per heavy atom. The summed E-state index contributed by atoms with van der Waals surface area (Å²) in [5, 5.41) is 20.3. The molecule has 4 unspecified atom stereocenters. The Bertz CT molecular complexity index is 668. The maximum atomic E-state index is 11.7. The summed E-state index contributed by atoms with van der Waals surface area (Å²) in [7, 11) is 0. The summed E-state index contributed by atoms with van der Waals surface area (Å²) in [6, 6.07) is 2.22. The van der Waals surface area contributed by atoms with E-state index < -0.39 is 5.60 Å². The Kier molecular flexibility index (Phi) is 3.32. The molecular formula is C20H25NO2. The average molecular weight is 311 g/mol. The topological polar surface area (TPSA) is 61.1 Å². The van der Waals surface area contributed by atoms with Gasteiger partial charge < -0.3 is 5.11 Å². The van der Waals surface area contributed by atoms with Gasteiger partial charge >= 0.3 is 0 Å². The molecule has 0 aliphatic heterocycles. The minimum Gasteiger partial charge on any atom is -0.388 e. The number of carbonyl (C=O) groups excluding carboxylic acids is 1. The van der Waals surface area contributed by atoms with Gasteiger partial charge in [-0.15, -0.1) is 0 Å². The fraction of sp³-hybridized carbons (Fsp3) is 0.700. The Labute approximate surface area is 138 Å². The van der Waals surface area contributed by atoms with Crippen LogP contribution in [0.5, 0.6) is 0 Å². The fourth-order valence-corrected chi connectivity index (χ4v) is 6.06. The first-order valence-corrected chi connectivity index (χ1v) is 9.03. The number of hydrogen-bond acceptors (Lipinski definition) is 3. The minimum absolute atomic E-state index is 0.122. The van der Waals surface area contributed by atoms with Crippen molar-refractivity contribution in [1.82, 2.24) is 0 Å². The fourth-order valence-electron chi connectivity index (χ4n) is 6.06. The maximum Gasteiger partial charge on any atom is 0.156 e. The van der Waals surface area contributed by atoms with Gasteiger partial charge in [-0.05, 0) is 74.0 Å². The number of rotatable bonds is 1. The van der Waals surface area contributed by atoms with E-state index >= 15 is 0 Å². The van der Waals surface area contributed by atoms with E-state index in [4.69, 9.17) is 5.26 Å². The summed E-state index contributed by atoms with van der Waals surface area (Å²) in [6.07, 6.45) is 9.67. The van der Waals surface area contributed by atoms with Gasteiger partial charge in [0, 0.05) is 11.8 Å². The number of ketones is 1. The van der Waals surface area contributed by atoms with Crippen LogP contribution in [0.1, 0.15) is 64.7 Å². The van der Waals surface area contributed by atoms with Gasteiger partial charge in [-0.3, -0.25) is 4.79 Å². The zero-order valence-corrected chi connectivity index (χ0v) is 13.9. The molecule has 0 spiro atoms. The zero-order valence-electron chi connectivity index (χ0n) is 13.9. The lowest BCUT2D eigenvalue weighted by Crippen LogP contribution is -2.49. The third-order valence-electron chi connectivity index (χ3n) is 7.43. The van der Waals surface area contributed by atoms with Gasteiger partial charge in [0.05, 0.1) is 18.1 Å². The van der Waals surface area contributed by atoms with Crippen LogP contribution in [0, 0.1) is 28.6 Å². The monoisotopic (exact) mass is 311 g/mol. The van der Waals surface area contributed by atoms with Gasteiger partial charge in [0.1, 0.15) is 0 Å². The molecule has 2 saturated carbocycles. The van der Waals surface area contributed by atoms with E-state index in [0.29, 0.717) is 18.3 Å². The molecule has 0 radical (unpaired) electrons. The molecule has 3 nitrogen and oxygen atoms in total. The van der Waals surface area contributed by atoms with Crippen LogP contribution in [0.15, 0.2) is 22.8 Å². The van der Waals surface area contributed by atoms with Crippen LogP contribution in [-0.2, 0) is 4.79 Å². The highest BCUT2D eigenvalue weighted by Gasteiger charge is 2.60. The van der Waals surface area contributed by atoms with Crippen molar-refractivity contribution in [2.45, 2.75) is 70.3 Å². The van der Waals surface area contributed by atoms with Crippen molar-refractivity contribution in [1.29, 1.82) is 5.26 Å². The van der Waals surface area contributed by atoms with E-state index in [9.17, 15) is 9.90 Å². The Morgan fingerprint density at radius 3 is 2.87 bits per heavy atom. The van der Waals surface area contributed by atoms with Gasteiger partial charge in [-0.25, -0.2) is 0 Å². The number of carbonyl (C=O) groups is 1. The molecule has 0 aromatic carbocycles. The SMILES string of the molecule is CC12CCC3=C4CCC(=O)C=C4CCC3C1CCC2(O)CC#N. The number of aliphatic hydroxyl groups is 1. The average Bonchev–Trinajstić information content (AvgIpc) is 2.79. The molecule has 4 aliphatic carbocycles. The van der Waals surface area contributed by atoms with E-state index in [0.717, 1.165) is 44.9 Å². The highest BCUT2D eigenvalue weighted by Crippen LogP contribution is 2.64. The van der Waals surface area contributed by atoms with Crippen LogP contribution in [0.4, 0.5) is 0 Å². The molecule has 4 aliphatic rings. The summed E-state index contributed by atoms with van der Waals surface area (Å²) in [4.78, 5) is 11.7. The molecule has 0 aromatic heterocycles. The van der Waals surface area contributed by atoms with Crippen molar-refractivity contribution in [3.8, 4) is 6.07 Å². The van der Waals surface area contributed by atoms with E-state index in [-0.39, 0.29) is 17.6 Å². The molecule has 122 valence electrons. The maximum absolute atomic E-state index is 11.7. The number of hydrogen-bond donors (Lipinski definition) is 1. The molecule has 4 rings (SSSR count). The van der Waals surface area contributed by atoms with Gasteiger partial charge in [-0.2, -0.15) is 5.26 Å². The van der Waals surface area contributed by atoms with E-state index in [2.05, 4.69) is 13.0 Å². The molecule has 0 amide bonds. The van der Waals surface area contributed by atoms with Crippen LogP contribution >= 0.6 is 0 Å². The predicted octanol–water partition coefficient (Wildman–Crippen LogP) is 3.84. The second-order valence-electron chi connectivity index (χ2n) is 8.21. The first-order valence-electron chi connectivity index (χ1n) is 9.03. The van der Waals surface area contributed by atoms with Crippen LogP contribution in [-0.4, -0.2) is 16.5 Å². The third kappa shape index (κ3) is 2.01. The smallest absolute Gasteiger partial charge is 0.156 e. The van der Waals surface area contributed by atoms with Crippen molar-refractivity contribution >= 4 is 5.78 Å². The Morgan fingerprint density at radius 2 is 2.09 bits per heavy atom. The molecule has 0 aromatic rings. The van der Waals surface area contributed by atoms with Crippen LogP contribution in [0.3, 0.4) is 0 Å². The molecular weight excluding hydrogens is 286 g/mol. The van der Waals surface area contributed by atoms with Crippen molar-refractivity contribution in [3.05, 3.63) is 22.8 Å². The number of allylic oxidation sites excluding steroid dienone is 4. The number of nitriles is 1. The summed E-state index contributed by atoms with van der Waals surface area (Å²) in [6.45, 7) is 2.22. The van der Waals surface area contributed by atoms with Crippen molar-refractivity contribution < 1.29 is 9.90 Å². The lowest BCUT2D eigenvalue weighted by atomic mass is 9.54. The lowest BCUT2D eigenvalue weighted by molar-refractivity contribution is -0.114. The van der Waals surface area contributed by atoms with E-state index in [1.807, 2.05) is 6.08 Å². The minimum atomic E-state index is -0.804. The largest absolute Gasteiger partial charge is 0.388 e. The molecule has 0 heterocycles. The molecule has 3 heteroatoms. The highest BCUT2D eigenvalue weighted by atomic mass is 16.3. The second-order valence-corrected chi connectivity index (χ2v) is 8.21. The standard InChI is InChI=1S/C20H25NO2/c1-19-8-6-16-15-5-3-14(22)12-13(15)2-4-17(16)18(19)7-9-20(19,23)10-11-21/h12,17-18,23H,2-10H2,1H3. The molecule has 2 fully saturated rings. The molecule has 0 saturated heterocycles. The van der Waals surface area contributed by atoms with Crippen LogP contribution < -0.4 is 0 Å². The summed E-state index contributed by atoms with van der Waals surface area (Å²) >= 11 is 0. The van der Waals surface area contributed by atoms with Gasteiger partial charge in [-0.1, -0.05) is 12.5 Å². The summed E-state index contributed by atoms with van der Waals surface area (Å²) < 4.78 is 0. The van der Waals surface area contributed by atoms with Crippen molar-refractivity contribution in [2.75, 3.05) is 0 Å². The van der Waals surface area contributed by atoms with Crippen LogP contribution in [0.2, 0.25) is 0 Å². The zero-order chi connectivity index (χ0) is 16.2.